The van der Waals surface area contributed by atoms with Gasteiger partial charge in [0.05, 0.1) is 6.20 Å². The van der Waals surface area contributed by atoms with Crippen molar-refractivity contribution >= 4 is 0 Å². The third kappa shape index (κ3) is 3.16. The summed E-state index contributed by atoms with van der Waals surface area (Å²) >= 11 is 0. The number of aromatic nitrogens is 2. The molecule has 4 nitrogen and oxygen atoms in total. The summed E-state index contributed by atoms with van der Waals surface area (Å²) in [5, 5.41) is 4.30. The summed E-state index contributed by atoms with van der Waals surface area (Å²) in [6.45, 7) is 7.72. The van der Waals surface area contributed by atoms with Crippen LogP contribution in [0.15, 0.2) is 12.4 Å². The molecule has 3 fully saturated rings. The van der Waals surface area contributed by atoms with Crippen LogP contribution in [0.4, 0.5) is 0 Å². The standard InChI is InChI=1S/C17H28N4/c1-19-10-16(9-18-19)12-20-7-2-5-17(13-20)6-8-21(14-17)11-15-3-4-15/h9-10,15H,2-8,11-14H2,1H3. The highest BCUT2D eigenvalue weighted by Crippen LogP contribution is 2.41. The van der Waals surface area contributed by atoms with E-state index in [1.807, 2.05) is 17.9 Å². The van der Waals surface area contributed by atoms with Gasteiger partial charge in [-0.1, -0.05) is 0 Å². The fourth-order valence-electron chi connectivity index (χ4n) is 4.44. The van der Waals surface area contributed by atoms with Gasteiger partial charge in [-0.25, -0.2) is 0 Å². The Morgan fingerprint density at radius 1 is 1.19 bits per heavy atom. The van der Waals surface area contributed by atoms with Gasteiger partial charge in [-0.2, -0.15) is 5.10 Å². The molecule has 2 saturated heterocycles. The molecular formula is C17H28N4. The molecule has 1 unspecified atom stereocenters. The van der Waals surface area contributed by atoms with Crippen LogP contribution in [0.5, 0.6) is 0 Å². The average molecular weight is 288 g/mol. The Kier molecular flexibility index (Phi) is 3.54. The number of rotatable bonds is 4. The monoisotopic (exact) mass is 288 g/mol. The van der Waals surface area contributed by atoms with E-state index in [1.54, 1.807) is 0 Å². The molecule has 3 heterocycles. The molecule has 4 rings (SSSR count). The highest BCUT2D eigenvalue weighted by Gasteiger charge is 2.42. The average Bonchev–Trinajstić information content (AvgIpc) is 3.06. The molecule has 0 aromatic carbocycles. The molecule has 116 valence electrons. The summed E-state index contributed by atoms with van der Waals surface area (Å²) in [5.74, 6) is 1.04. The quantitative estimate of drug-likeness (QED) is 0.848. The molecule has 1 aromatic rings. The lowest BCUT2D eigenvalue weighted by Gasteiger charge is -2.40. The molecule has 1 atom stereocenters. The number of piperidine rings is 1. The van der Waals surface area contributed by atoms with Crippen LogP contribution < -0.4 is 0 Å². The van der Waals surface area contributed by atoms with Gasteiger partial charge in [0.25, 0.3) is 0 Å². The van der Waals surface area contributed by atoms with E-state index in [4.69, 9.17) is 0 Å². The minimum atomic E-state index is 0.593. The summed E-state index contributed by atoms with van der Waals surface area (Å²) in [7, 11) is 2.01. The number of aryl methyl sites for hydroxylation is 1. The van der Waals surface area contributed by atoms with Crippen LogP contribution in [-0.4, -0.2) is 52.3 Å². The van der Waals surface area contributed by atoms with Crippen molar-refractivity contribution in [2.24, 2.45) is 18.4 Å². The van der Waals surface area contributed by atoms with Crippen LogP contribution in [0, 0.1) is 11.3 Å². The predicted molar refractivity (Wildman–Crippen MR) is 83.9 cm³/mol. The fourth-order valence-corrected chi connectivity index (χ4v) is 4.44. The number of likely N-dealkylation sites (tertiary alicyclic amines) is 2. The Morgan fingerprint density at radius 2 is 2.05 bits per heavy atom. The van der Waals surface area contributed by atoms with Crippen LogP contribution in [0.2, 0.25) is 0 Å². The van der Waals surface area contributed by atoms with Crippen LogP contribution in [-0.2, 0) is 13.6 Å². The minimum Gasteiger partial charge on any atom is -0.302 e. The zero-order valence-electron chi connectivity index (χ0n) is 13.3. The van der Waals surface area contributed by atoms with Gasteiger partial charge >= 0.3 is 0 Å². The van der Waals surface area contributed by atoms with E-state index in [-0.39, 0.29) is 0 Å². The lowest BCUT2D eigenvalue weighted by Crippen LogP contribution is -2.44. The maximum absolute atomic E-state index is 4.30. The van der Waals surface area contributed by atoms with E-state index in [1.165, 1.54) is 70.4 Å². The number of hydrogen-bond acceptors (Lipinski definition) is 3. The third-order valence-electron chi connectivity index (χ3n) is 5.64. The normalized spacial score (nSPS) is 31.3. The van der Waals surface area contributed by atoms with E-state index in [9.17, 15) is 0 Å². The Balaban J connectivity index is 1.36. The van der Waals surface area contributed by atoms with E-state index in [2.05, 4.69) is 21.1 Å². The molecular weight excluding hydrogens is 260 g/mol. The molecule has 0 N–H and O–H groups in total. The highest BCUT2D eigenvalue weighted by molar-refractivity contribution is 5.05. The molecule has 2 aliphatic heterocycles. The van der Waals surface area contributed by atoms with Gasteiger partial charge in [-0.05, 0) is 56.5 Å². The first-order valence-electron chi connectivity index (χ1n) is 8.63. The second kappa shape index (κ2) is 5.40. The fraction of sp³-hybridized carbons (Fsp3) is 0.824. The molecule has 0 radical (unpaired) electrons. The summed E-state index contributed by atoms with van der Waals surface area (Å²) in [5.41, 5.74) is 1.96. The number of hydrogen-bond donors (Lipinski definition) is 0. The Morgan fingerprint density at radius 3 is 2.81 bits per heavy atom. The first-order chi connectivity index (χ1) is 10.2. The van der Waals surface area contributed by atoms with Crippen LogP contribution in [0.1, 0.15) is 37.7 Å². The largest absolute Gasteiger partial charge is 0.302 e. The van der Waals surface area contributed by atoms with Crippen LogP contribution in [0.25, 0.3) is 0 Å². The van der Waals surface area contributed by atoms with Gasteiger partial charge in [0.2, 0.25) is 0 Å². The Bertz CT molecular complexity index is 493. The van der Waals surface area contributed by atoms with Gasteiger partial charge in [0, 0.05) is 45.0 Å². The van der Waals surface area contributed by atoms with Gasteiger partial charge in [-0.15, -0.1) is 0 Å². The molecule has 21 heavy (non-hydrogen) atoms. The SMILES string of the molecule is Cn1cc(CN2CCCC3(CCN(CC4CC4)C3)C2)cn1. The molecule has 1 aromatic heterocycles. The van der Waals surface area contributed by atoms with Crippen molar-refractivity contribution in [2.45, 2.75) is 38.6 Å². The van der Waals surface area contributed by atoms with Gasteiger partial charge < -0.3 is 4.90 Å². The summed E-state index contributed by atoms with van der Waals surface area (Å²) < 4.78 is 1.92. The molecule has 3 aliphatic rings. The Hall–Kier alpha value is -0.870. The van der Waals surface area contributed by atoms with Crippen molar-refractivity contribution in [3.8, 4) is 0 Å². The lowest BCUT2D eigenvalue weighted by atomic mass is 9.79. The van der Waals surface area contributed by atoms with Gasteiger partial charge in [0.1, 0.15) is 0 Å². The first kappa shape index (κ1) is 13.8. The van der Waals surface area contributed by atoms with Crippen molar-refractivity contribution in [3.05, 3.63) is 18.0 Å². The molecule has 0 amide bonds. The predicted octanol–water partition coefficient (Wildman–Crippen LogP) is 2.12. The van der Waals surface area contributed by atoms with Gasteiger partial charge in [-0.3, -0.25) is 9.58 Å². The van der Waals surface area contributed by atoms with E-state index in [0.717, 1.165) is 12.5 Å². The van der Waals surface area contributed by atoms with Crippen molar-refractivity contribution in [1.82, 2.24) is 19.6 Å². The molecule has 1 spiro atoms. The molecule has 1 aliphatic carbocycles. The van der Waals surface area contributed by atoms with E-state index < -0.39 is 0 Å². The van der Waals surface area contributed by atoms with Crippen molar-refractivity contribution in [3.63, 3.8) is 0 Å². The maximum atomic E-state index is 4.30. The highest BCUT2D eigenvalue weighted by atomic mass is 15.2. The summed E-state index contributed by atoms with van der Waals surface area (Å²) in [6, 6.07) is 0. The zero-order valence-corrected chi connectivity index (χ0v) is 13.3. The summed E-state index contributed by atoms with van der Waals surface area (Å²) in [4.78, 5) is 5.42. The topological polar surface area (TPSA) is 24.3 Å². The first-order valence-corrected chi connectivity index (χ1v) is 8.63. The Labute approximate surface area is 128 Å². The van der Waals surface area contributed by atoms with Crippen LogP contribution >= 0.6 is 0 Å². The molecule has 4 heteroatoms. The minimum absolute atomic E-state index is 0.593. The smallest absolute Gasteiger partial charge is 0.0534 e. The molecule has 1 saturated carbocycles. The number of nitrogens with zero attached hydrogens (tertiary/aromatic N) is 4. The van der Waals surface area contributed by atoms with Crippen molar-refractivity contribution < 1.29 is 0 Å². The third-order valence-corrected chi connectivity index (χ3v) is 5.64. The second-order valence-electron chi connectivity index (χ2n) is 7.76. The van der Waals surface area contributed by atoms with Gasteiger partial charge in [0.15, 0.2) is 0 Å². The van der Waals surface area contributed by atoms with Crippen molar-refractivity contribution in [1.29, 1.82) is 0 Å². The van der Waals surface area contributed by atoms with Crippen LogP contribution in [0.3, 0.4) is 0 Å². The second-order valence-corrected chi connectivity index (χ2v) is 7.76. The van der Waals surface area contributed by atoms with Crippen molar-refractivity contribution in [2.75, 3.05) is 32.7 Å². The zero-order chi connectivity index (χ0) is 14.3. The maximum Gasteiger partial charge on any atom is 0.0534 e. The van der Waals surface area contributed by atoms with E-state index in [0.29, 0.717) is 5.41 Å². The lowest BCUT2D eigenvalue weighted by molar-refractivity contribution is 0.0869. The molecule has 0 bridgehead atoms. The van der Waals surface area contributed by atoms with E-state index >= 15 is 0 Å². The summed E-state index contributed by atoms with van der Waals surface area (Å²) in [6.07, 6.45) is 11.4.